The van der Waals surface area contributed by atoms with E-state index in [-0.39, 0.29) is 19.6 Å². The Morgan fingerprint density at radius 1 is 0.750 bits per heavy atom. The molecule has 0 rings (SSSR count). The highest BCUT2D eigenvalue weighted by molar-refractivity contribution is 5.69. The maximum absolute atomic E-state index is 10.4. The van der Waals surface area contributed by atoms with Crippen molar-refractivity contribution in [3.8, 4) is 0 Å². The van der Waals surface area contributed by atoms with Gasteiger partial charge in [0, 0.05) is 25.0 Å². The molecule has 9 heteroatoms. The van der Waals surface area contributed by atoms with Crippen molar-refractivity contribution in [2.75, 3.05) is 39.3 Å². The van der Waals surface area contributed by atoms with Crippen LogP contribution in [0.2, 0.25) is 0 Å². The summed E-state index contributed by atoms with van der Waals surface area (Å²) in [4.78, 5) is 31.3. The van der Waals surface area contributed by atoms with Crippen LogP contribution < -0.4 is 16.0 Å². The summed E-state index contributed by atoms with van der Waals surface area (Å²) >= 11 is 0. The fourth-order valence-corrected chi connectivity index (χ4v) is 1.60. The van der Waals surface area contributed by atoms with Crippen LogP contribution in [0.15, 0.2) is 0 Å². The monoisotopic (exact) mass is 291 g/mol. The van der Waals surface area contributed by atoms with Crippen molar-refractivity contribution < 1.29 is 29.7 Å². The summed E-state index contributed by atoms with van der Waals surface area (Å²) in [6.07, 6.45) is 0. The maximum atomic E-state index is 10.4. The number of hydrogen-bond acceptors (Lipinski definition) is 6. The number of aliphatic carboxylic acids is 3. The molecule has 0 amide bonds. The molecule has 0 fully saturated rings. The van der Waals surface area contributed by atoms with Crippen molar-refractivity contribution in [3.05, 3.63) is 0 Å². The molecule has 0 spiro atoms. The highest BCUT2D eigenvalue weighted by Crippen LogP contribution is 2.12. The number of carboxylic acid groups (broad SMARTS) is 3. The van der Waals surface area contributed by atoms with E-state index in [2.05, 4.69) is 16.0 Å². The first kappa shape index (κ1) is 18.3. The van der Waals surface area contributed by atoms with Crippen LogP contribution in [0.3, 0.4) is 0 Å². The largest absolute Gasteiger partial charge is 0.480 e. The smallest absolute Gasteiger partial charge is 0.317 e. The van der Waals surface area contributed by atoms with Crippen LogP contribution in [0.4, 0.5) is 0 Å². The highest BCUT2D eigenvalue weighted by atomic mass is 16.4. The Bertz CT molecular complexity index is 297. The number of carbonyl (C=O) groups is 3. The van der Waals surface area contributed by atoms with E-state index in [9.17, 15) is 14.4 Å². The summed E-state index contributed by atoms with van der Waals surface area (Å²) in [6.45, 7) is 2.06. The molecule has 0 saturated heterocycles. The molecule has 0 aromatic heterocycles. The van der Waals surface area contributed by atoms with Gasteiger partial charge < -0.3 is 31.3 Å². The zero-order chi connectivity index (χ0) is 15.6. The summed E-state index contributed by atoms with van der Waals surface area (Å²) in [5.74, 6) is -2.99. The van der Waals surface area contributed by atoms with Crippen LogP contribution in [0.5, 0.6) is 0 Å². The molecule has 20 heavy (non-hydrogen) atoms. The van der Waals surface area contributed by atoms with E-state index in [1.807, 2.05) is 0 Å². The average molecular weight is 291 g/mol. The van der Waals surface area contributed by atoms with E-state index in [0.29, 0.717) is 19.6 Å². The number of nitrogens with one attached hydrogen (secondary N) is 3. The minimum atomic E-state index is -0.996. The fraction of sp³-hybridized carbons (Fsp3) is 0.727. The van der Waals surface area contributed by atoms with Crippen molar-refractivity contribution in [1.82, 2.24) is 16.0 Å². The van der Waals surface area contributed by atoms with Gasteiger partial charge in [-0.15, -0.1) is 0 Å². The van der Waals surface area contributed by atoms with Gasteiger partial charge in [0.15, 0.2) is 0 Å². The standard InChI is InChI=1S/C11H21N3O6/c1-11(5-12-2-8(15)16,6-13-3-9(17)18)7-14-4-10(19)20/h12-14H,2-7H2,1H3,(H,15,16)(H,17,18)(H,19,20). The van der Waals surface area contributed by atoms with Gasteiger partial charge in [0.05, 0.1) is 19.6 Å². The lowest BCUT2D eigenvalue weighted by Gasteiger charge is -2.30. The SMILES string of the molecule is CC(CNCC(=O)O)(CNCC(=O)O)CNCC(=O)O. The van der Waals surface area contributed by atoms with Crippen molar-refractivity contribution in [2.24, 2.45) is 5.41 Å². The molecule has 116 valence electrons. The van der Waals surface area contributed by atoms with Crippen molar-refractivity contribution in [1.29, 1.82) is 0 Å². The van der Waals surface area contributed by atoms with Gasteiger partial charge in [0.25, 0.3) is 0 Å². The third-order valence-corrected chi connectivity index (χ3v) is 2.48. The summed E-state index contributed by atoms with van der Waals surface area (Å²) in [5.41, 5.74) is -0.514. The quantitative estimate of drug-likeness (QED) is 0.240. The highest BCUT2D eigenvalue weighted by Gasteiger charge is 2.24. The molecule has 6 N–H and O–H groups in total. The first-order valence-corrected chi connectivity index (χ1v) is 6.03. The first-order valence-electron chi connectivity index (χ1n) is 6.03. The van der Waals surface area contributed by atoms with Gasteiger partial charge >= 0.3 is 17.9 Å². The molecule has 0 aliphatic carbocycles. The predicted molar refractivity (Wildman–Crippen MR) is 69.6 cm³/mol. The summed E-state index contributed by atoms with van der Waals surface area (Å²) in [6, 6.07) is 0. The zero-order valence-corrected chi connectivity index (χ0v) is 11.3. The van der Waals surface area contributed by atoms with E-state index in [1.54, 1.807) is 6.92 Å². The molecule has 0 bridgehead atoms. The maximum Gasteiger partial charge on any atom is 0.317 e. The van der Waals surface area contributed by atoms with Crippen LogP contribution in [0.1, 0.15) is 6.92 Å². The Balaban J connectivity index is 4.28. The summed E-state index contributed by atoms with van der Waals surface area (Å²) in [5, 5.41) is 33.9. The average Bonchev–Trinajstić information content (AvgIpc) is 2.27. The third kappa shape index (κ3) is 10.2. The molecule has 0 atom stereocenters. The Labute approximate surface area is 116 Å². The van der Waals surface area contributed by atoms with Gasteiger partial charge in [-0.25, -0.2) is 0 Å². The molecule has 0 saturated carbocycles. The van der Waals surface area contributed by atoms with Gasteiger partial charge in [-0.05, 0) is 0 Å². The Morgan fingerprint density at radius 3 is 1.20 bits per heavy atom. The summed E-state index contributed by atoms with van der Waals surface area (Å²) in [7, 11) is 0. The van der Waals surface area contributed by atoms with E-state index in [0.717, 1.165) is 0 Å². The van der Waals surface area contributed by atoms with E-state index >= 15 is 0 Å². The normalized spacial score (nSPS) is 11.2. The van der Waals surface area contributed by atoms with Crippen LogP contribution in [-0.4, -0.2) is 72.5 Å². The van der Waals surface area contributed by atoms with E-state index in [1.165, 1.54) is 0 Å². The Kier molecular flexibility index (Phi) is 8.45. The number of rotatable bonds is 12. The molecule has 0 aliphatic rings. The number of hydrogen-bond donors (Lipinski definition) is 6. The Hall–Kier alpha value is -1.71. The second kappa shape index (κ2) is 9.23. The fourth-order valence-electron chi connectivity index (χ4n) is 1.60. The van der Waals surface area contributed by atoms with Crippen LogP contribution in [0.25, 0.3) is 0 Å². The minimum Gasteiger partial charge on any atom is -0.480 e. The van der Waals surface area contributed by atoms with Crippen LogP contribution in [-0.2, 0) is 14.4 Å². The number of carboxylic acids is 3. The van der Waals surface area contributed by atoms with Gasteiger partial charge in [0.2, 0.25) is 0 Å². The van der Waals surface area contributed by atoms with Gasteiger partial charge in [0.1, 0.15) is 0 Å². The first-order chi connectivity index (χ1) is 9.25. The topological polar surface area (TPSA) is 148 Å². The summed E-state index contributed by atoms with van der Waals surface area (Å²) < 4.78 is 0. The van der Waals surface area contributed by atoms with Crippen molar-refractivity contribution in [2.45, 2.75) is 6.92 Å². The van der Waals surface area contributed by atoms with Crippen LogP contribution in [0, 0.1) is 5.41 Å². The lowest BCUT2D eigenvalue weighted by Crippen LogP contribution is -2.49. The third-order valence-electron chi connectivity index (χ3n) is 2.48. The zero-order valence-electron chi connectivity index (χ0n) is 11.3. The van der Waals surface area contributed by atoms with Crippen molar-refractivity contribution in [3.63, 3.8) is 0 Å². The molecule has 0 aliphatic heterocycles. The second-order valence-corrected chi connectivity index (χ2v) is 4.80. The minimum absolute atomic E-state index is 0.215. The van der Waals surface area contributed by atoms with Crippen molar-refractivity contribution >= 4 is 17.9 Å². The second-order valence-electron chi connectivity index (χ2n) is 4.80. The molecule has 0 heterocycles. The van der Waals surface area contributed by atoms with Gasteiger partial charge in [-0.2, -0.15) is 0 Å². The van der Waals surface area contributed by atoms with Gasteiger partial charge in [-0.1, -0.05) is 6.92 Å². The van der Waals surface area contributed by atoms with Gasteiger partial charge in [-0.3, -0.25) is 14.4 Å². The lowest BCUT2D eigenvalue weighted by molar-refractivity contribution is -0.136. The molecule has 0 radical (unpaired) electrons. The molecular formula is C11H21N3O6. The lowest BCUT2D eigenvalue weighted by atomic mass is 9.90. The van der Waals surface area contributed by atoms with Crippen LogP contribution >= 0.6 is 0 Å². The van der Waals surface area contributed by atoms with E-state index < -0.39 is 23.3 Å². The Morgan fingerprint density at radius 2 is 1.00 bits per heavy atom. The molecular weight excluding hydrogens is 270 g/mol. The van der Waals surface area contributed by atoms with E-state index in [4.69, 9.17) is 15.3 Å². The molecule has 9 nitrogen and oxygen atoms in total. The predicted octanol–water partition coefficient (Wildman–Crippen LogP) is -1.98. The molecule has 0 aromatic rings. The molecule has 0 aromatic carbocycles. The molecule has 0 unspecified atom stereocenters.